The van der Waals surface area contributed by atoms with Gasteiger partial charge in [-0.3, -0.25) is 19.2 Å². The van der Waals surface area contributed by atoms with Crippen LogP contribution in [0, 0.1) is 10.1 Å². The number of methoxy groups -OCH3 is 2. The van der Waals surface area contributed by atoms with Crippen molar-refractivity contribution in [3.63, 3.8) is 0 Å². The van der Waals surface area contributed by atoms with E-state index < -0.39 is 27.4 Å². The molecule has 0 saturated carbocycles. The molecule has 0 aliphatic rings. The van der Waals surface area contributed by atoms with E-state index in [2.05, 4.69) is 10.5 Å². The molecular weight excluding hydrogens is 476 g/mol. The van der Waals surface area contributed by atoms with Crippen molar-refractivity contribution in [1.29, 1.82) is 0 Å². The zero-order valence-electron chi connectivity index (χ0n) is 18.8. The molecule has 1 amide bonds. The number of sulfonamides is 1. The number of nitro benzene ring substituents is 1. The molecule has 0 atom stereocenters. The number of benzene rings is 3. The maximum atomic E-state index is 13.3. The number of anilines is 1. The number of amides is 1. The Morgan fingerprint density at radius 3 is 2.34 bits per heavy atom. The molecular formula is C23H22N4O7S. The van der Waals surface area contributed by atoms with E-state index in [0.29, 0.717) is 11.3 Å². The summed E-state index contributed by atoms with van der Waals surface area (Å²) in [7, 11) is -1.28. The molecule has 182 valence electrons. The molecule has 35 heavy (non-hydrogen) atoms. The number of hydrogen-bond acceptors (Lipinski definition) is 8. The summed E-state index contributed by atoms with van der Waals surface area (Å²) < 4.78 is 37.6. The first-order valence-corrected chi connectivity index (χ1v) is 11.6. The number of nitrogens with zero attached hydrogens (tertiary/aromatic N) is 3. The summed E-state index contributed by atoms with van der Waals surface area (Å²) in [5.74, 6) is -0.120. The van der Waals surface area contributed by atoms with Gasteiger partial charge in [-0.2, -0.15) is 5.10 Å². The van der Waals surface area contributed by atoms with Crippen LogP contribution in [-0.4, -0.2) is 46.2 Å². The number of hydrazone groups is 1. The summed E-state index contributed by atoms with van der Waals surface area (Å²) in [5, 5.41) is 15.0. The monoisotopic (exact) mass is 498 g/mol. The van der Waals surface area contributed by atoms with E-state index in [4.69, 9.17) is 9.47 Å². The second-order valence-electron chi connectivity index (χ2n) is 7.00. The molecule has 0 unspecified atom stereocenters. The minimum Gasteiger partial charge on any atom is -0.497 e. The molecule has 0 bridgehead atoms. The fourth-order valence-electron chi connectivity index (χ4n) is 3.06. The van der Waals surface area contributed by atoms with E-state index in [1.54, 1.807) is 30.3 Å². The van der Waals surface area contributed by atoms with Gasteiger partial charge in [-0.05, 0) is 48.5 Å². The number of nitrogens with one attached hydrogen (secondary N) is 1. The quantitative estimate of drug-likeness (QED) is 0.257. The topological polar surface area (TPSA) is 140 Å². The van der Waals surface area contributed by atoms with Crippen LogP contribution in [0.25, 0.3) is 0 Å². The molecule has 0 aliphatic heterocycles. The lowest BCUT2D eigenvalue weighted by atomic mass is 10.2. The third-order valence-corrected chi connectivity index (χ3v) is 6.57. The molecule has 0 fully saturated rings. The molecule has 0 heterocycles. The average molecular weight is 499 g/mol. The maximum absolute atomic E-state index is 13.3. The molecule has 0 spiro atoms. The Labute approximate surface area is 201 Å². The normalized spacial score (nSPS) is 11.1. The summed E-state index contributed by atoms with van der Waals surface area (Å²) in [6.07, 6.45) is 1.20. The highest BCUT2D eigenvalue weighted by Gasteiger charge is 2.27. The third kappa shape index (κ3) is 6.12. The Kier molecular flexibility index (Phi) is 8.00. The Morgan fingerprint density at radius 1 is 1.06 bits per heavy atom. The van der Waals surface area contributed by atoms with Gasteiger partial charge in [0.2, 0.25) is 0 Å². The summed E-state index contributed by atoms with van der Waals surface area (Å²) in [6.45, 7) is -0.566. The fourth-order valence-corrected chi connectivity index (χ4v) is 4.50. The second-order valence-corrected chi connectivity index (χ2v) is 8.87. The van der Waals surface area contributed by atoms with Crippen LogP contribution in [0.15, 0.2) is 82.8 Å². The van der Waals surface area contributed by atoms with E-state index in [0.717, 1.165) is 4.31 Å². The zero-order chi connectivity index (χ0) is 25.4. The van der Waals surface area contributed by atoms with Gasteiger partial charge in [-0.15, -0.1) is 0 Å². The van der Waals surface area contributed by atoms with Crippen LogP contribution in [0.3, 0.4) is 0 Å². The summed E-state index contributed by atoms with van der Waals surface area (Å²) in [5.41, 5.74) is 2.58. The van der Waals surface area contributed by atoms with Crippen LogP contribution in [0.4, 0.5) is 11.4 Å². The van der Waals surface area contributed by atoms with Crippen LogP contribution >= 0.6 is 0 Å². The molecule has 0 aromatic heterocycles. The van der Waals surface area contributed by atoms with E-state index in [1.807, 2.05) is 0 Å². The van der Waals surface area contributed by atoms with Gasteiger partial charge in [-0.25, -0.2) is 13.8 Å². The molecule has 12 heteroatoms. The standard InChI is InChI=1S/C23H22N4O7S/c1-33-19-11-9-18(10-12-19)26(35(31,32)20-6-4-3-5-7-20)16-23(28)25-24-15-17-8-13-22(34-2)21(14-17)27(29)30/h3-15H,16H2,1-2H3,(H,25,28)/b24-15-. The van der Waals surface area contributed by atoms with Crippen LogP contribution < -0.4 is 19.2 Å². The van der Waals surface area contributed by atoms with Crippen molar-refractivity contribution in [2.75, 3.05) is 25.1 Å². The number of carbonyl (C=O) groups is 1. The van der Waals surface area contributed by atoms with Crippen molar-refractivity contribution in [3.05, 3.63) is 88.5 Å². The summed E-state index contributed by atoms with van der Waals surface area (Å²) in [4.78, 5) is 23.2. The van der Waals surface area contributed by atoms with Crippen molar-refractivity contribution in [1.82, 2.24) is 5.43 Å². The second kappa shape index (κ2) is 11.1. The zero-order valence-corrected chi connectivity index (χ0v) is 19.6. The minimum absolute atomic E-state index is 0.0117. The Bertz CT molecular complexity index is 1330. The predicted molar refractivity (Wildman–Crippen MR) is 129 cm³/mol. The lowest BCUT2D eigenvalue weighted by Gasteiger charge is -2.23. The van der Waals surface area contributed by atoms with Crippen LogP contribution in [0.2, 0.25) is 0 Å². The molecule has 1 N–H and O–H groups in total. The van der Waals surface area contributed by atoms with Crippen molar-refractivity contribution in [3.8, 4) is 11.5 Å². The molecule has 3 aromatic carbocycles. The van der Waals surface area contributed by atoms with E-state index in [9.17, 15) is 23.3 Å². The van der Waals surface area contributed by atoms with Crippen LogP contribution in [0.5, 0.6) is 11.5 Å². The predicted octanol–water partition coefficient (Wildman–Crippen LogP) is 2.96. The van der Waals surface area contributed by atoms with Gasteiger partial charge in [0.15, 0.2) is 5.75 Å². The summed E-state index contributed by atoms with van der Waals surface area (Å²) >= 11 is 0. The lowest BCUT2D eigenvalue weighted by Crippen LogP contribution is -2.39. The molecule has 3 rings (SSSR count). The van der Waals surface area contributed by atoms with E-state index in [1.165, 1.54) is 62.9 Å². The highest BCUT2D eigenvalue weighted by Crippen LogP contribution is 2.27. The fraction of sp³-hybridized carbons (Fsp3) is 0.130. The largest absolute Gasteiger partial charge is 0.497 e. The van der Waals surface area contributed by atoms with Crippen molar-refractivity contribution in [2.45, 2.75) is 4.90 Å². The molecule has 11 nitrogen and oxygen atoms in total. The van der Waals surface area contributed by atoms with E-state index in [-0.39, 0.29) is 22.0 Å². The summed E-state index contributed by atoms with van der Waals surface area (Å²) in [6, 6.07) is 18.1. The first-order valence-electron chi connectivity index (χ1n) is 10.1. The average Bonchev–Trinajstić information content (AvgIpc) is 2.87. The van der Waals surface area contributed by atoms with Crippen LogP contribution in [0.1, 0.15) is 5.56 Å². The number of rotatable bonds is 10. The Morgan fingerprint density at radius 2 is 1.74 bits per heavy atom. The number of nitro groups is 1. The third-order valence-electron chi connectivity index (χ3n) is 4.78. The van der Waals surface area contributed by atoms with Gasteiger partial charge >= 0.3 is 5.69 Å². The molecule has 0 radical (unpaired) electrons. The van der Waals surface area contributed by atoms with Gasteiger partial charge in [0.25, 0.3) is 15.9 Å². The highest BCUT2D eigenvalue weighted by molar-refractivity contribution is 7.92. The van der Waals surface area contributed by atoms with Gasteiger partial charge in [-0.1, -0.05) is 18.2 Å². The molecule has 0 aliphatic carbocycles. The lowest BCUT2D eigenvalue weighted by molar-refractivity contribution is -0.385. The van der Waals surface area contributed by atoms with Crippen molar-refractivity contribution >= 4 is 33.5 Å². The first-order chi connectivity index (χ1) is 16.8. The van der Waals surface area contributed by atoms with Gasteiger partial charge in [0, 0.05) is 11.6 Å². The smallest absolute Gasteiger partial charge is 0.311 e. The van der Waals surface area contributed by atoms with Gasteiger partial charge in [0.1, 0.15) is 12.3 Å². The SMILES string of the molecule is COc1ccc(N(CC(=O)N/N=C\c2ccc(OC)c([N+](=O)[O-])c2)S(=O)(=O)c2ccccc2)cc1. The number of ether oxygens (including phenoxy) is 2. The van der Waals surface area contributed by atoms with Crippen molar-refractivity contribution in [2.24, 2.45) is 5.10 Å². The van der Waals surface area contributed by atoms with Gasteiger partial charge < -0.3 is 9.47 Å². The minimum atomic E-state index is -4.08. The Hall–Kier alpha value is -4.45. The number of hydrogen-bond donors (Lipinski definition) is 1. The highest BCUT2D eigenvalue weighted by atomic mass is 32.2. The van der Waals surface area contributed by atoms with Gasteiger partial charge in [0.05, 0.1) is 35.9 Å². The van der Waals surface area contributed by atoms with Crippen LogP contribution in [-0.2, 0) is 14.8 Å². The van der Waals surface area contributed by atoms with E-state index >= 15 is 0 Å². The Balaban J connectivity index is 1.82. The number of carbonyl (C=O) groups excluding carboxylic acids is 1. The van der Waals surface area contributed by atoms with Crippen molar-refractivity contribution < 1.29 is 27.6 Å². The maximum Gasteiger partial charge on any atom is 0.311 e. The molecule has 3 aromatic rings. The molecule has 0 saturated heterocycles. The first kappa shape index (κ1) is 25.2.